The Bertz CT molecular complexity index is 714. The molecule has 3 heterocycles. The van der Waals surface area contributed by atoms with Crippen LogP contribution in [0.15, 0.2) is 36.4 Å². The van der Waals surface area contributed by atoms with Gasteiger partial charge in [0, 0.05) is 13.1 Å². The van der Waals surface area contributed by atoms with Gasteiger partial charge < -0.3 is 9.47 Å². The lowest BCUT2D eigenvalue weighted by atomic mass is 9.94. The van der Waals surface area contributed by atoms with E-state index in [4.69, 9.17) is 9.47 Å². The van der Waals surface area contributed by atoms with Gasteiger partial charge in [0.05, 0.1) is 13.2 Å². The topological polar surface area (TPSA) is 55.8 Å². The predicted octanol–water partition coefficient (Wildman–Crippen LogP) is 1.31. The molecule has 2 bridgehead atoms. The average Bonchev–Trinajstić information content (AvgIpc) is 3.09. The molecule has 3 aliphatic rings. The van der Waals surface area contributed by atoms with E-state index in [1.807, 2.05) is 36.4 Å². The minimum Gasteiger partial charge on any atom is -0.497 e. The second kappa shape index (κ2) is 4.32. The van der Waals surface area contributed by atoms with Crippen LogP contribution in [0.1, 0.15) is 12.0 Å². The van der Waals surface area contributed by atoms with Crippen LogP contribution in [0.3, 0.4) is 0 Å². The summed E-state index contributed by atoms with van der Waals surface area (Å²) in [7, 11) is -1.70. The Morgan fingerprint density at radius 2 is 2.33 bits per heavy atom. The van der Waals surface area contributed by atoms with Gasteiger partial charge in [-0.2, -0.15) is 4.31 Å². The van der Waals surface area contributed by atoms with Gasteiger partial charge in [-0.15, -0.1) is 0 Å². The Morgan fingerprint density at radius 1 is 1.48 bits per heavy atom. The van der Waals surface area contributed by atoms with Crippen LogP contribution in [0.25, 0.3) is 0 Å². The first-order valence-electron chi connectivity index (χ1n) is 7.03. The van der Waals surface area contributed by atoms with Gasteiger partial charge >= 0.3 is 0 Å². The first kappa shape index (κ1) is 13.3. The zero-order chi connectivity index (χ0) is 14.7. The van der Waals surface area contributed by atoms with Crippen LogP contribution in [-0.2, 0) is 21.3 Å². The van der Waals surface area contributed by atoms with Gasteiger partial charge in [-0.3, -0.25) is 0 Å². The molecule has 3 aliphatic heterocycles. The van der Waals surface area contributed by atoms with Gasteiger partial charge in [0.25, 0.3) is 0 Å². The first-order valence-corrected chi connectivity index (χ1v) is 8.53. The van der Waals surface area contributed by atoms with Gasteiger partial charge in [0.1, 0.15) is 16.6 Å². The molecule has 0 saturated carbocycles. The summed E-state index contributed by atoms with van der Waals surface area (Å²) in [5.41, 5.74) is 0.301. The molecule has 3 atom stereocenters. The van der Waals surface area contributed by atoms with E-state index in [0.29, 0.717) is 19.5 Å². The van der Waals surface area contributed by atoms with Crippen molar-refractivity contribution in [1.82, 2.24) is 4.31 Å². The highest BCUT2D eigenvalue weighted by Crippen LogP contribution is 2.48. The molecule has 0 aromatic heterocycles. The third-order valence-electron chi connectivity index (χ3n) is 4.59. The van der Waals surface area contributed by atoms with Crippen LogP contribution < -0.4 is 4.74 Å². The highest BCUT2D eigenvalue weighted by molar-refractivity contribution is 7.90. The van der Waals surface area contributed by atoms with Crippen molar-refractivity contribution in [3.63, 3.8) is 0 Å². The molecule has 5 nitrogen and oxygen atoms in total. The molecule has 1 aromatic rings. The standard InChI is InChI=1S/C15H17NO4S/c1-19-12-4-2-3-11(7-12)9-16-10-15-6-5-13(20-15)8-14(15)21(16,17)18/h2-7,13-14H,8-10H2,1H3/t13?,14?,15-/m1/s1. The van der Waals surface area contributed by atoms with Crippen molar-refractivity contribution in [2.24, 2.45) is 0 Å². The number of ether oxygens (including phenoxy) is 2. The van der Waals surface area contributed by atoms with Crippen molar-refractivity contribution >= 4 is 10.0 Å². The van der Waals surface area contributed by atoms with Crippen molar-refractivity contribution in [2.45, 2.75) is 29.9 Å². The van der Waals surface area contributed by atoms with Gasteiger partial charge in [0.2, 0.25) is 10.0 Å². The Hall–Kier alpha value is -1.37. The summed E-state index contributed by atoms with van der Waals surface area (Å²) in [5.74, 6) is 0.736. The van der Waals surface area contributed by atoms with Crippen molar-refractivity contribution in [3.8, 4) is 5.75 Å². The van der Waals surface area contributed by atoms with E-state index >= 15 is 0 Å². The number of benzene rings is 1. The molecule has 6 heteroatoms. The van der Waals surface area contributed by atoms with Crippen LogP contribution in [0.4, 0.5) is 0 Å². The number of fused-ring (bicyclic) bond motifs is 1. The molecule has 21 heavy (non-hydrogen) atoms. The molecule has 1 aromatic carbocycles. The smallest absolute Gasteiger partial charge is 0.220 e. The Kier molecular flexibility index (Phi) is 2.73. The van der Waals surface area contributed by atoms with E-state index < -0.39 is 20.9 Å². The van der Waals surface area contributed by atoms with Gasteiger partial charge in [-0.25, -0.2) is 8.42 Å². The van der Waals surface area contributed by atoms with Crippen LogP contribution in [0, 0.1) is 0 Å². The maximum atomic E-state index is 12.7. The van der Waals surface area contributed by atoms with Crippen molar-refractivity contribution in [1.29, 1.82) is 0 Å². The number of hydrogen-bond acceptors (Lipinski definition) is 4. The molecule has 1 spiro atoms. The summed E-state index contributed by atoms with van der Waals surface area (Å²) in [6.45, 7) is 0.768. The Balaban J connectivity index is 1.63. The molecule has 112 valence electrons. The summed E-state index contributed by atoms with van der Waals surface area (Å²) in [6.07, 6.45) is 4.48. The van der Waals surface area contributed by atoms with Gasteiger partial charge in [-0.05, 0) is 24.1 Å². The zero-order valence-corrected chi connectivity index (χ0v) is 12.5. The third kappa shape index (κ3) is 1.86. The molecule has 2 fully saturated rings. The predicted molar refractivity (Wildman–Crippen MR) is 77.5 cm³/mol. The van der Waals surface area contributed by atoms with E-state index in [-0.39, 0.29) is 6.10 Å². The van der Waals surface area contributed by atoms with Gasteiger partial charge in [-0.1, -0.05) is 24.3 Å². The number of rotatable bonds is 3. The Morgan fingerprint density at radius 3 is 3.05 bits per heavy atom. The van der Waals surface area contributed by atoms with Crippen LogP contribution in [0.2, 0.25) is 0 Å². The van der Waals surface area contributed by atoms with Crippen molar-refractivity contribution in [3.05, 3.63) is 42.0 Å². The molecule has 0 amide bonds. The third-order valence-corrected chi connectivity index (χ3v) is 6.88. The lowest BCUT2D eigenvalue weighted by Crippen LogP contribution is -2.36. The summed E-state index contributed by atoms with van der Waals surface area (Å²) >= 11 is 0. The van der Waals surface area contributed by atoms with Crippen LogP contribution >= 0.6 is 0 Å². The minimum absolute atomic E-state index is 0.0243. The first-order chi connectivity index (χ1) is 10.0. The van der Waals surface area contributed by atoms with Crippen LogP contribution in [0.5, 0.6) is 5.75 Å². The fraction of sp³-hybridized carbons (Fsp3) is 0.467. The van der Waals surface area contributed by atoms with E-state index in [1.165, 1.54) is 0 Å². The maximum Gasteiger partial charge on any atom is 0.220 e. The average molecular weight is 307 g/mol. The van der Waals surface area contributed by atoms with E-state index in [2.05, 4.69) is 0 Å². The second-order valence-corrected chi connectivity index (χ2v) is 7.97. The summed E-state index contributed by atoms with van der Waals surface area (Å²) < 4.78 is 38.0. The van der Waals surface area contributed by atoms with Crippen LogP contribution in [-0.4, -0.2) is 43.3 Å². The van der Waals surface area contributed by atoms with E-state index in [0.717, 1.165) is 11.3 Å². The van der Waals surface area contributed by atoms with E-state index in [9.17, 15) is 8.42 Å². The SMILES string of the molecule is COc1cccc(CN2C[C@]34C=CC(CC3S2(=O)=O)O4)c1. The zero-order valence-electron chi connectivity index (χ0n) is 11.7. The lowest BCUT2D eigenvalue weighted by Gasteiger charge is -2.19. The fourth-order valence-electron chi connectivity index (χ4n) is 3.58. The monoisotopic (exact) mass is 307 g/mol. The fourth-order valence-corrected chi connectivity index (χ4v) is 5.80. The molecular formula is C15H17NO4S. The highest BCUT2D eigenvalue weighted by atomic mass is 32.2. The molecule has 0 radical (unpaired) electrons. The quantitative estimate of drug-likeness (QED) is 0.790. The molecule has 4 rings (SSSR count). The number of methoxy groups -OCH3 is 1. The van der Waals surface area contributed by atoms with Crippen molar-refractivity contribution < 1.29 is 17.9 Å². The molecule has 0 N–H and O–H groups in total. The highest BCUT2D eigenvalue weighted by Gasteiger charge is 2.63. The lowest BCUT2D eigenvalue weighted by molar-refractivity contribution is 0.0298. The molecule has 0 aliphatic carbocycles. The number of hydrogen-bond donors (Lipinski definition) is 0. The molecular weight excluding hydrogens is 290 g/mol. The van der Waals surface area contributed by atoms with E-state index in [1.54, 1.807) is 11.4 Å². The Labute approximate surface area is 124 Å². The second-order valence-electron chi connectivity index (χ2n) is 5.86. The minimum atomic E-state index is -3.31. The number of sulfonamides is 1. The normalized spacial score (nSPS) is 36.0. The largest absolute Gasteiger partial charge is 0.497 e. The summed E-state index contributed by atoms with van der Waals surface area (Å²) in [6, 6.07) is 7.51. The van der Waals surface area contributed by atoms with Crippen molar-refractivity contribution in [2.75, 3.05) is 13.7 Å². The summed E-state index contributed by atoms with van der Waals surface area (Å²) in [4.78, 5) is 0. The van der Waals surface area contributed by atoms with Gasteiger partial charge in [0.15, 0.2) is 0 Å². The molecule has 2 saturated heterocycles. The maximum absolute atomic E-state index is 12.7. The molecule has 2 unspecified atom stereocenters. The number of nitrogens with zero attached hydrogens (tertiary/aromatic N) is 1. The summed E-state index contributed by atoms with van der Waals surface area (Å²) in [5, 5.41) is -0.425.